The van der Waals surface area contributed by atoms with Crippen LogP contribution < -0.4 is 19.8 Å². The Hall–Kier alpha value is -3.02. The van der Waals surface area contributed by atoms with Gasteiger partial charge in [-0.2, -0.15) is 4.98 Å². The van der Waals surface area contributed by atoms with Gasteiger partial charge in [-0.3, -0.25) is 0 Å². The zero-order valence-corrected chi connectivity index (χ0v) is 13.4. The summed E-state index contributed by atoms with van der Waals surface area (Å²) in [5.41, 5.74) is 0.968. The van der Waals surface area contributed by atoms with E-state index in [1.165, 1.54) is 14.2 Å². The van der Waals surface area contributed by atoms with E-state index in [1.54, 1.807) is 12.1 Å². The van der Waals surface area contributed by atoms with E-state index < -0.39 is 5.63 Å². The van der Waals surface area contributed by atoms with Gasteiger partial charge in [0.1, 0.15) is 16.9 Å². The van der Waals surface area contributed by atoms with Crippen LogP contribution in [-0.4, -0.2) is 25.8 Å². The number of nitrogens with zero attached hydrogens (tertiary/aromatic N) is 1. The topological polar surface area (TPSA) is 70.8 Å². The molecule has 1 heterocycles. The minimum Gasteiger partial charge on any atom is -0.497 e. The number of benzene rings is 2. The second-order valence-corrected chi connectivity index (χ2v) is 5.08. The maximum atomic E-state index is 12.2. The van der Waals surface area contributed by atoms with Gasteiger partial charge in [0.05, 0.1) is 26.3 Å². The zero-order chi connectivity index (χ0) is 16.9. The first-order valence-corrected chi connectivity index (χ1v) is 7.45. The van der Waals surface area contributed by atoms with Crippen LogP contribution in [0.15, 0.2) is 51.7 Å². The van der Waals surface area contributed by atoms with Crippen molar-refractivity contribution in [3.05, 3.63) is 58.4 Å². The number of hydrogen-bond acceptors (Lipinski definition) is 6. The molecule has 3 rings (SSSR count). The lowest BCUT2D eigenvalue weighted by Crippen LogP contribution is -2.09. The lowest BCUT2D eigenvalue weighted by Gasteiger charge is -2.08. The van der Waals surface area contributed by atoms with E-state index in [-0.39, 0.29) is 11.5 Å². The van der Waals surface area contributed by atoms with E-state index in [0.29, 0.717) is 30.0 Å². The smallest absolute Gasteiger partial charge is 0.397 e. The Morgan fingerprint density at radius 3 is 2.58 bits per heavy atom. The van der Waals surface area contributed by atoms with Crippen LogP contribution in [0.4, 0.5) is 0 Å². The molecule has 0 aliphatic carbocycles. The van der Waals surface area contributed by atoms with Gasteiger partial charge in [-0.15, -0.1) is 0 Å². The Morgan fingerprint density at radius 1 is 1.08 bits per heavy atom. The molecule has 0 radical (unpaired) electrons. The van der Waals surface area contributed by atoms with Gasteiger partial charge in [-0.25, -0.2) is 4.79 Å². The van der Waals surface area contributed by atoms with Crippen LogP contribution in [0.2, 0.25) is 0 Å². The van der Waals surface area contributed by atoms with Gasteiger partial charge in [-0.1, -0.05) is 30.3 Å². The molecular formula is C18H17NO5. The SMILES string of the molecule is COc1cc(OC)c2c(=O)oc(OCCc3ccccc3)nc2c1. The summed E-state index contributed by atoms with van der Waals surface area (Å²) >= 11 is 0. The van der Waals surface area contributed by atoms with Gasteiger partial charge in [0.2, 0.25) is 0 Å². The fraction of sp³-hybridized carbons (Fsp3) is 0.222. The van der Waals surface area contributed by atoms with Crippen molar-refractivity contribution in [2.24, 2.45) is 0 Å². The zero-order valence-electron chi connectivity index (χ0n) is 13.4. The van der Waals surface area contributed by atoms with E-state index >= 15 is 0 Å². The Bertz CT molecular complexity index is 889. The number of ether oxygens (including phenoxy) is 3. The molecule has 1 aromatic heterocycles. The largest absolute Gasteiger partial charge is 0.497 e. The highest BCUT2D eigenvalue weighted by Crippen LogP contribution is 2.28. The standard InChI is InChI=1S/C18H17NO5/c1-21-13-10-14-16(15(11-13)22-2)17(20)24-18(19-14)23-9-8-12-6-4-3-5-7-12/h3-7,10-11H,8-9H2,1-2H3. The van der Waals surface area contributed by atoms with Crippen LogP contribution >= 0.6 is 0 Å². The molecule has 3 aromatic rings. The van der Waals surface area contributed by atoms with Crippen molar-refractivity contribution in [3.8, 4) is 17.6 Å². The Kier molecular flexibility index (Phi) is 4.65. The van der Waals surface area contributed by atoms with Crippen molar-refractivity contribution in [2.45, 2.75) is 6.42 Å². The molecule has 6 nitrogen and oxygen atoms in total. The molecular weight excluding hydrogens is 310 g/mol. The predicted molar refractivity (Wildman–Crippen MR) is 89.0 cm³/mol. The van der Waals surface area contributed by atoms with Crippen LogP contribution in [0.5, 0.6) is 17.6 Å². The van der Waals surface area contributed by atoms with Crippen molar-refractivity contribution in [2.75, 3.05) is 20.8 Å². The van der Waals surface area contributed by atoms with Crippen LogP contribution in [0.1, 0.15) is 5.56 Å². The van der Waals surface area contributed by atoms with Crippen LogP contribution in [0.25, 0.3) is 10.9 Å². The minimum absolute atomic E-state index is 0.0706. The summed E-state index contributed by atoms with van der Waals surface area (Å²) in [6, 6.07) is 13.1. The Morgan fingerprint density at radius 2 is 1.88 bits per heavy atom. The van der Waals surface area contributed by atoms with Crippen LogP contribution in [-0.2, 0) is 6.42 Å². The highest BCUT2D eigenvalue weighted by molar-refractivity contribution is 5.85. The molecule has 6 heteroatoms. The molecule has 0 spiro atoms. The summed E-state index contributed by atoms with van der Waals surface area (Å²) in [4.78, 5) is 16.4. The van der Waals surface area contributed by atoms with Gasteiger partial charge in [-0.05, 0) is 5.56 Å². The molecule has 2 aromatic carbocycles. The van der Waals surface area contributed by atoms with Gasteiger partial charge < -0.3 is 18.6 Å². The van der Waals surface area contributed by atoms with Crippen molar-refractivity contribution >= 4 is 10.9 Å². The normalized spacial score (nSPS) is 10.6. The quantitative estimate of drug-likeness (QED) is 0.693. The first kappa shape index (κ1) is 15.9. The van der Waals surface area contributed by atoms with Gasteiger partial charge in [0, 0.05) is 18.6 Å². The second kappa shape index (κ2) is 7.04. The summed E-state index contributed by atoms with van der Waals surface area (Å²) in [7, 11) is 3.00. The fourth-order valence-corrected chi connectivity index (χ4v) is 2.36. The second-order valence-electron chi connectivity index (χ2n) is 5.08. The molecule has 24 heavy (non-hydrogen) atoms. The van der Waals surface area contributed by atoms with E-state index in [1.807, 2.05) is 30.3 Å². The maximum absolute atomic E-state index is 12.2. The van der Waals surface area contributed by atoms with E-state index in [9.17, 15) is 4.79 Å². The summed E-state index contributed by atoms with van der Waals surface area (Å²) in [5, 5.41) is 0.258. The van der Waals surface area contributed by atoms with Gasteiger partial charge in [0.15, 0.2) is 0 Å². The van der Waals surface area contributed by atoms with Gasteiger partial charge >= 0.3 is 11.7 Å². The Labute approximate surface area is 138 Å². The number of methoxy groups -OCH3 is 2. The van der Waals surface area contributed by atoms with E-state index in [2.05, 4.69) is 4.98 Å². The monoisotopic (exact) mass is 327 g/mol. The average Bonchev–Trinajstić information content (AvgIpc) is 2.61. The Balaban J connectivity index is 1.85. The number of fused-ring (bicyclic) bond motifs is 1. The molecule has 0 saturated carbocycles. The molecule has 0 bridgehead atoms. The molecule has 0 atom stereocenters. The highest BCUT2D eigenvalue weighted by Gasteiger charge is 2.14. The molecule has 0 aliphatic heterocycles. The molecule has 0 amide bonds. The lowest BCUT2D eigenvalue weighted by atomic mass is 10.2. The first-order valence-electron chi connectivity index (χ1n) is 7.45. The fourth-order valence-electron chi connectivity index (χ4n) is 2.36. The average molecular weight is 327 g/mol. The summed E-state index contributed by atoms with van der Waals surface area (Å²) < 4.78 is 21.0. The van der Waals surface area contributed by atoms with Crippen molar-refractivity contribution in [1.82, 2.24) is 4.98 Å². The molecule has 0 unspecified atom stereocenters. The third-order valence-electron chi connectivity index (χ3n) is 3.57. The van der Waals surface area contributed by atoms with Crippen LogP contribution in [0, 0.1) is 0 Å². The number of aromatic nitrogens is 1. The molecule has 124 valence electrons. The molecule has 0 fully saturated rings. The van der Waals surface area contributed by atoms with Crippen molar-refractivity contribution in [3.63, 3.8) is 0 Å². The van der Waals surface area contributed by atoms with E-state index in [0.717, 1.165) is 5.56 Å². The molecule has 0 saturated heterocycles. The predicted octanol–water partition coefficient (Wildman–Crippen LogP) is 2.83. The lowest BCUT2D eigenvalue weighted by molar-refractivity contribution is 0.219. The molecule has 0 aliphatic rings. The van der Waals surface area contributed by atoms with E-state index in [4.69, 9.17) is 18.6 Å². The molecule has 0 N–H and O–H groups in total. The highest BCUT2D eigenvalue weighted by atomic mass is 16.6. The van der Waals surface area contributed by atoms with Gasteiger partial charge in [0.25, 0.3) is 0 Å². The third-order valence-corrected chi connectivity index (χ3v) is 3.57. The summed E-state index contributed by atoms with van der Waals surface area (Å²) in [5.74, 6) is 0.883. The first-order chi connectivity index (χ1) is 11.7. The third kappa shape index (κ3) is 3.32. The summed E-state index contributed by atoms with van der Waals surface area (Å²) in [6.07, 6.45) is 0.616. The van der Waals surface area contributed by atoms with Crippen molar-refractivity contribution in [1.29, 1.82) is 0 Å². The summed E-state index contributed by atoms with van der Waals surface area (Å²) in [6.45, 7) is 0.354. The number of rotatable bonds is 6. The maximum Gasteiger partial charge on any atom is 0.397 e. The van der Waals surface area contributed by atoms with Crippen LogP contribution in [0.3, 0.4) is 0 Å². The number of hydrogen-bond donors (Lipinski definition) is 0. The minimum atomic E-state index is -0.561. The van der Waals surface area contributed by atoms with Crippen molar-refractivity contribution < 1.29 is 18.6 Å².